The highest BCUT2D eigenvalue weighted by Gasteiger charge is 2.19. The van der Waals surface area contributed by atoms with E-state index < -0.39 is 0 Å². The van der Waals surface area contributed by atoms with E-state index in [1.165, 1.54) is 18.9 Å². The topological polar surface area (TPSA) is 69.3 Å². The third kappa shape index (κ3) is 3.09. The largest absolute Gasteiger partial charge is 0.496 e. The highest BCUT2D eigenvalue weighted by Crippen LogP contribution is 2.37. The van der Waals surface area contributed by atoms with Crippen molar-refractivity contribution in [2.75, 3.05) is 32.2 Å². The van der Waals surface area contributed by atoms with E-state index in [1.807, 2.05) is 18.2 Å². The summed E-state index contributed by atoms with van der Waals surface area (Å²) in [4.78, 5) is 2.25. The minimum absolute atomic E-state index is 0.0317. The van der Waals surface area contributed by atoms with Gasteiger partial charge in [-0.1, -0.05) is 0 Å². The van der Waals surface area contributed by atoms with E-state index in [0.717, 1.165) is 24.5 Å². The smallest absolute Gasteiger partial charge is 0.143 e. The average molecular weight is 283 g/mol. The van der Waals surface area contributed by atoms with E-state index in [9.17, 15) is 0 Å². The average Bonchev–Trinajstić information content (AvgIpc) is 3.06. The molecule has 0 radical (unpaired) electrons. The summed E-state index contributed by atoms with van der Waals surface area (Å²) in [5.74, 6) is 1.35. The standard InChI is InChI=1S/C16H17N3O2/c1-20-15-9-14(19-5-3-4-6-19)16(21-2)8-13(15)7-12(10-17)11-18/h7-9H,3-6H2,1-2H3. The van der Waals surface area contributed by atoms with Gasteiger partial charge < -0.3 is 14.4 Å². The zero-order valence-electron chi connectivity index (χ0n) is 12.2. The molecule has 5 nitrogen and oxygen atoms in total. The molecule has 1 aromatic rings. The minimum atomic E-state index is 0.0317. The third-order valence-corrected chi connectivity index (χ3v) is 3.52. The highest BCUT2D eigenvalue weighted by molar-refractivity contribution is 5.73. The molecule has 1 heterocycles. The molecule has 0 N–H and O–H groups in total. The molecule has 108 valence electrons. The summed E-state index contributed by atoms with van der Waals surface area (Å²) in [5, 5.41) is 17.8. The summed E-state index contributed by atoms with van der Waals surface area (Å²) in [7, 11) is 3.19. The van der Waals surface area contributed by atoms with Crippen LogP contribution in [0.1, 0.15) is 18.4 Å². The molecule has 1 aromatic carbocycles. The van der Waals surface area contributed by atoms with Gasteiger partial charge in [0.15, 0.2) is 0 Å². The van der Waals surface area contributed by atoms with Gasteiger partial charge in [0.1, 0.15) is 29.2 Å². The Morgan fingerprint density at radius 1 is 1.10 bits per heavy atom. The maximum atomic E-state index is 8.88. The molecule has 1 aliphatic heterocycles. The second-order valence-corrected chi connectivity index (χ2v) is 4.74. The molecule has 0 bridgehead atoms. The van der Waals surface area contributed by atoms with Crippen LogP contribution in [0, 0.1) is 22.7 Å². The van der Waals surface area contributed by atoms with Crippen molar-refractivity contribution in [2.24, 2.45) is 0 Å². The number of ether oxygens (including phenoxy) is 2. The van der Waals surface area contributed by atoms with Gasteiger partial charge in [0.05, 0.1) is 19.9 Å². The van der Waals surface area contributed by atoms with Crippen LogP contribution in [0.3, 0.4) is 0 Å². The van der Waals surface area contributed by atoms with Gasteiger partial charge in [0, 0.05) is 24.7 Å². The predicted octanol–water partition coefficient (Wildman–Crippen LogP) is 2.73. The molecule has 0 spiro atoms. The van der Waals surface area contributed by atoms with Gasteiger partial charge in [0.2, 0.25) is 0 Å². The molecular formula is C16H17N3O2. The monoisotopic (exact) mass is 283 g/mol. The van der Waals surface area contributed by atoms with Crippen LogP contribution in [0.5, 0.6) is 11.5 Å². The molecule has 0 amide bonds. The van der Waals surface area contributed by atoms with Crippen molar-refractivity contribution < 1.29 is 9.47 Å². The molecule has 21 heavy (non-hydrogen) atoms. The van der Waals surface area contributed by atoms with Crippen LogP contribution in [0.2, 0.25) is 0 Å². The van der Waals surface area contributed by atoms with Crippen LogP contribution in [-0.4, -0.2) is 27.3 Å². The normalized spacial score (nSPS) is 13.2. The van der Waals surface area contributed by atoms with Gasteiger partial charge in [-0.25, -0.2) is 0 Å². The molecule has 0 saturated carbocycles. The lowest BCUT2D eigenvalue weighted by molar-refractivity contribution is 0.402. The Balaban J connectivity index is 2.51. The molecule has 0 aliphatic carbocycles. The molecule has 0 unspecified atom stereocenters. The number of hydrogen-bond donors (Lipinski definition) is 0. The number of nitrogens with zero attached hydrogens (tertiary/aromatic N) is 3. The molecule has 1 saturated heterocycles. The van der Waals surface area contributed by atoms with Gasteiger partial charge in [0.25, 0.3) is 0 Å². The summed E-state index contributed by atoms with van der Waals surface area (Å²) >= 11 is 0. The summed E-state index contributed by atoms with van der Waals surface area (Å²) < 4.78 is 10.8. The summed E-state index contributed by atoms with van der Waals surface area (Å²) in [6, 6.07) is 7.42. The Bertz CT molecular complexity index is 616. The molecule has 1 aliphatic rings. The zero-order chi connectivity index (χ0) is 15.2. The van der Waals surface area contributed by atoms with Crippen LogP contribution in [0.25, 0.3) is 6.08 Å². The van der Waals surface area contributed by atoms with Crippen LogP contribution >= 0.6 is 0 Å². The second kappa shape index (κ2) is 6.67. The Kier molecular flexibility index (Phi) is 4.68. The number of hydrogen-bond acceptors (Lipinski definition) is 5. The van der Waals surface area contributed by atoms with E-state index >= 15 is 0 Å². The summed E-state index contributed by atoms with van der Waals surface area (Å²) in [6.45, 7) is 1.99. The lowest BCUT2D eigenvalue weighted by Gasteiger charge is -2.22. The molecule has 5 heteroatoms. The summed E-state index contributed by atoms with van der Waals surface area (Å²) in [6.07, 6.45) is 3.84. The van der Waals surface area contributed by atoms with Gasteiger partial charge in [-0.2, -0.15) is 10.5 Å². The zero-order valence-corrected chi connectivity index (χ0v) is 12.2. The first-order valence-electron chi connectivity index (χ1n) is 6.76. The van der Waals surface area contributed by atoms with Crippen molar-refractivity contribution >= 4 is 11.8 Å². The van der Waals surface area contributed by atoms with Crippen molar-refractivity contribution in [3.8, 4) is 23.6 Å². The number of benzene rings is 1. The van der Waals surface area contributed by atoms with Crippen molar-refractivity contribution in [3.05, 3.63) is 23.3 Å². The molecule has 0 aromatic heterocycles. The van der Waals surface area contributed by atoms with Gasteiger partial charge in [-0.05, 0) is 25.0 Å². The van der Waals surface area contributed by atoms with Gasteiger partial charge in [-0.3, -0.25) is 0 Å². The SMILES string of the molecule is COc1cc(N2CCCC2)c(OC)cc1C=C(C#N)C#N. The number of nitriles is 2. The minimum Gasteiger partial charge on any atom is -0.496 e. The fourth-order valence-corrected chi connectivity index (χ4v) is 2.47. The number of anilines is 1. The molecule has 2 rings (SSSR count). The van der Waals surface area contributed by atoms with Crippen LogP contribution in [0.4, 0.5) is 5.69 Å². The first kappa shape index (κ1) is 14.7. The lowest BCUT2D eigenvalue weighted by Crippen LogP contribution is -2.18. The second-order valence-electron chi connectivity index (χ2n) is 4.74. The Labute approximate surface area is 124 Å². The Morgan fingerprint density at radius 2 is 1.71 bits per heavy atom. The maximum absolute atomic E-state index is 8.88. The third-order valence-electron chi connectivity index (χ3n) is 3.52. The number of methoxy groups -OCH3 is 2. The fourth-order valence-electron chi connectivity index (χ4n) is 2.47. The predicted molar refractivity (Wildman–Crippen MR) is 80.2 cm³/mol. The van der Waals surface area contributed by atoms with Gasteiger partial charge in [-0.15, -0.1) is 0 Å². The maximum Gasteiger partial charge on any atom is 0.143 e. The Morgan fingerprint density at radius 3 is 2.24 bits per heavy atom. The molecule has 1 fully saturated rings. The van der Waals surface area contributed by atoms with Crippen LogP contribution < -0.4 is 14.4 Å². The molecular weight excluding hydrogens is 266 g/mol. The van der Waals surface area contributed by atoms with Crippen molar-refractivity contribution in [2.45, 2.75) is 12.8 Å². The van der Waals surface area contributed by atoms with E-state index in [4.69, 9.17) is 20.0 Å². The van der Waals surface area contributed by atoms with E-state index in [-0.39, 0.29) is 5.57 Å². The molecule has 0 atom stereocenters. The van der Waals surface area contributed by atoms with E-state index in [0.29, 0.717) is 11.3 Å². The van der Waals surface area contributed by atoms with Crippen molar-refractivity contribution in [3.63, 3.8) is 0 Å². The first-order valence-corrected chi connectivity index (χ1v) is 6.76. The lowest BCUT2D eigenvalue weighted by atomic mass is 10.1. The quantitative estimate of drug-likeness (QED) is 0.795. The summed E-state index contributed by atoms with van der Waals surface area (Å²) in [5.41, 5.74) is 1.68. The van der Waals surface area contributed by atoms with Crippen LogP contribution in [0.15, 0.2) is 17.7 Å². The first-order chi connectivity index (χ1) is 10.2. The van der Waals surface area contributed by atoms with E-state index in [2.05, 4.69) is 4.90 Å². The number of allylic oxidation sites excluding steroid dienone is 1. The van der Waals surface area contributed by atoms with Crippen LogP contribution in [-0.2, 0) is 0 Å². The Hall–Kier alpha value is -2.66. The fraction of sp³-hybridized carbons (Fsp3) is 0.375. The number of rotatable bonds is 4. The highest BCUT2D eigenvalue weighted by atomic mass is 16.5. The van der Waals surface area contributed by atoms with Crippen molar-refractivity contribution in [1.82, 2.24) is 0 Å². The van der Waals surface area contributed by atoms with E-state index in [1.54, 1.807) is 20.3 Å². The van der Waals surface area contributed by atoms with Crippen molar-refractivity contribution in [1.29, 1.82) is 10.5 Å². The van der Waals surface area contributed by atoms with Gasteiger partial charge >= 0.3 is 0 Å².